The molecule has 4 heteroatoms. The molecule has 3 nitrogen and oxygen atoms in total. The summed E-state index contributed by atoms with van der Waals surface area (Å²) in [6.45, 7) is 1.81. The molecule has 1 rings (SSSR count). The van der Waals surface area contributed by atoms with Crippen LogP contribution in [0, 0.1) is 0 Å². The van der Waals surface area contributed by atoms with E-state index in [2.05, 4.69) is 15.9 Å². The molecule has 0 saturated heterocycles. The summed E-state index contributed by atoms with van der Waals surface area (Å²) in [7, 11) is 0. The average Bonchev–Trinajstić information content (AvgIpc) is 2.03. The van der Waals surface area contributed by atoms with Crippen LogP contribution in [0.4, 0.5) is 0 Å². The Morgan fingerprint density at radius 3 is 2.62 bits per heavy atom. The summed E-state index contributed by atoms with van der Waals surface area (Å²) in [6, 6.07) is 4.79. The summed E-state index contributed by atoms with van der Waals surface area (Å²) in [6.07, 6.45) is 0. The summed E-state index contributed by atoms with van der Waals surface area (Å²) in [4.78, 5) is 10.7. The van der Waals surface area contributed by atoms with E-state index in [4.69, 9.17) is 10.8 Å². The van der Waals surface area contributed by atoms with Gasteiger partial charge in [0, 0.05) is 10.5 Å². The maximum Gasteiger partial charge on any atom is 0.335 e. The van der Waals surface area contributed by atoms with Gasteiger partial charge in [-0.3, -0.25) is 0 Å². The first kappa shape index (κ1) is 10.2. The molecule has 0 fully saturated rings. The van der Waals surface area contributed by atoms with E-state index in [1.165, 1.54) is 0 Å². The van der Waals surface area contributed by atoms with Crippen molar-refractivity contribution >= 4 is 21.9 Å². The van der Waals surface area contributed by atoms with E-state index in [1.54, 1.807) is 12.1 Å². The van der Waals surface area contributed by atoms with Crippen molar-refractivity contribution in [2.24, 2.45) is 5.73 Å². The maximum absolute atomic E-state index is 10.7. The number of hydrogen-bond acceptors (Lipinski definition) is 2. The molecule has 0 heterocycles. The lowest BCUT2D eigenvalue weighted by atomic mass is 10.1. The number of carboxylic acids is 1. The van der Waals surface area contributed by atoms with Crippen molar-refractivity contribution in [1.82, 2.24) is 0 Å². The van der Waals surface area contributed by atoms with Gasteiger partial charge in [-0.1, -0.05) is 15.9 Å². The topological polar surface area (TPSA) is 63.3 Å². The first-order valence-electron chi connectivity index (χ1n) is 3.80. The Balaban J connectivity index is 3.19. The number of aromatic carboxylic acids is 1. The van der Waals surface area contributed by atoms with Gasteiger partial charge in [-0.15, -0.1) is 0 Å². The van der Waals surface area contributed by atoms with Gasteiger partial charge in [-0.05, 0) is 30.7 Å². The molecule has 0 aliphatic carbocycles. The van der Waals surface area contributed by atoms with Crippen LogP contribution in [0.1, 0.15) is 28.9 Å². The molecule has 1 unspecified atom stereocenters. The van der Waals surface area contributed by atoms with Crippen molar-refractivity contribution < 1.29 is 9.90 Å². The highest BCUT2D eigenvalue weighted by Crippen LogP contribution is 2.19. The monoisotopic (exact) mass is 243 g/mol. The second-order valence-corrected chi connectivity index (χ2v) is 3.78. The Bertz CT molecular complexity index is 336. The third-order valence-electron chi connectivity index (χ3n) is 1.69. The summed E-state index contributed by atoms with van der Waals surface area (Å²) < 4.78 is 0.736. The van der Waals surface area contributed by atoms with Gasteiger partial charge in [0.25, 0.3) is 0 Å². The van der Waals surface area contributed by atoms with Gasteiger partial charge >= 0.3 is 5.97 Å². The first-order valence-corrected chi connectivity index (χ1v) is 4.59. The predicted octanol–water partition coefficient (Wildman–Crippen LogP) is 2.17. The molecule has 0 aliphatic rings. The summed E-state index contributed by atoms with van der Waals surface area (Å²) >= 11 is 3.23. The second kappa shape index (κ2) is 3.89. The van der Waals surface area contributed by atoms with Gasteiger partial charge < -0.3 is 10.8 Å². The van der Waals surface area contributed by atoms with Crippen molar-refractivity contribution in [2.45, 2.75) is 13.0 Å². The van der Waals surface area contributed by atoms with Gasteiger partial charge in [0.1, 0.15) is 0 Å². The lowest BCUT2D eigenvalue weighted by Gasteiger charge is -2.07. The van der Waals surface area contributed by atoms with E-state index in [-0.39, 0.29) is 11.6 Å². The zero-order valence-corrected chi connectivity index (χ0v) is 8.71. The van der Waals surface area contributed by atoms with Gasteiger partial charge in [-0.25, -0.2) is 4.79 Å². The Kier molecular flexibility index (Phi) is 3.06. The van der Waals surface area contributed by atoms with Gasteiger partial charge in [-0.2, -0.15) is 0 Å². The smallest absolute Gasteiger partial charge is 0.335 e. The van der Waals surface area contributed by atoms with E-state index in [0.717, 1.165) is 10.0 Å². The minimum Gasteiger partial charge on any atom is -0.478 e. The second-order valence-electron chi connectivity index (χ2n) is 2.87. The summed E-state index contributed by atoms with van der Waals surface area (Å²) in [5, 5.41) is 8.75. The van der Waals surface area contributed by atoms with E-state index in [1.807, 2.05) is 13.0 Å². The molecule has 0 aliphatic heterocycles. The Labute approximate surface area is 84.7 Å². The van der Waals surface area contributed by atoms with Crippen LogP contribution in [0.3, 0.4) is 0 Å². The van der Waals surface area contributed by atoms with Crippen LogP contribution in [-0.4, -0.2) is 11.1 Å². The molecule has 1 aromatic carbocycles. The molecular formula is C9H10BrNO2. The SMILES string of the molecule is CC(N)c1cc(Br)cc(C(=O)O)c1. The predicted molar refractivity (Wildman–Crippen MR) is 53.7 cm³/mol. The van der Waals surface area contributed by atoms with E-state index in [0.29, 0.717) is 0 Å². The third kappa shape index (κ3) is 2.54. The highest BCUT2D eigenvalue weighted by molar-refractivity contribution is 9.10. The van der Waals surface area contributed by atoms with Crippen molar-refractivity contribution in [3.8, 4) is 0 Å². The molecule has 0 amide bonds. The van der Waals surface area contributed by atoms with Gasteiger partial charge in [0.2, 0.25) is 0 Å². The standard InChI is InChI=1S/C9H10BrNO2/c1-5(11)6-2-7(9(12)13)4-8(10)3-6/h2-5H,11H2,1H3,(H,12,13). The fourth-order valence-corrected chi connectivity index (χ4v) is 1.51. The van der Waals surface area contributed by atoms with E-state index < -0.39 is 5.97 Å². The molecule has 1 atom stereocenters. The first-order chi connectivity index (χ1) is 6.00. The number of carbonyl (C=O) groups is 1. The molecule has 0 saturated carbocycles. The average molecular weight is 244 g/mol. The number of benzene rings is 1. The molecule has 0 bridgehead atoms. The Morgan fingerprint density at radius 1 is 1.54 bits per heavy atom. The molecule has 0 aromatic heterocycles. The number of carboxylic acid groups (broad SMARTS) is 1. The fourth-order valence-electron chi connectivity index (χ4n) is 0.999. The zero-order valence-electron chi connectivity index (χ0n) is 7.12. The maximum atomic E-state index is 10.7. The van der Waals surface area contributed by atoms with Crippen LogP contribution in [-0.2, 0) is 0 Å². The molecule has 1 aromatic rings. The number of halogens is 1. The Hall–Kier alpha value is -0.870. The number of hydrogen-bond donors (Lipinski definition) is 2. The molecule has 13 heavy (non-hydrogen) atoms. The minimum atomic E-state index is -0.941. The van der Waals surface area contributed by atoms with Crippen LogP contribution in [0.15, 0.2) is 22.7 Å². The molecule has 3 N–H and O–H groups in total. The van der Waals surface area contributed by atoms with Crippen LogP contribution >= 0.6 is 15.9 Å². The molecule has 70 valence electrons. The van der Waals surface area contributed by atoms with Crippen molar-refractivity contribution in [1.29, 1.82) is 0 Å². The third-order valence-corrected chi connectivity index (χ3v) is 2.15. The summed E-state index contributed by atoms with van der Waals surface area (Å²) in [5.41, 5.74) is 6.70. The molecule has 0 spiro atoms. The van der Waals surface area contributed by atoms with E-state index in [9.17, 15) is 4.79 Å². The quantitative estimate of drug-likeness (QED) is 0.837. The van der Waals surface area contributed by atoms with Gasteiger partial charge in [0.05, 0.1) is 5.56 Å². The highest BCUT2D eigenvalue weighted by atomic mass is 79.9. The van der Waals surface area contributed by atoms with Crippen molar-refractivity contribution in [3.63, 3.8) is 0 Å². The molecular weight excluding hydrogens is 234 g/mol. The van der Waals surface area contributed by atoms with Crippen molar-refractivity contribution in [3.05, 3.63) is 33.8 Å². The van der Waals surface area contributed by atoms with E-state index >= 15 is 0 Å². The fraction of sp³-hybridized carbons (Fsp3) is 0.222. The van der Waals surface area contributed by atoms with Crippen LogP contribution in [0.25, 0.3) is 0 Å². The lowest BCUT2D eigenvalue weighted by Crippen LogP contribution is -2.07. The van der Waals surface area contributed by atoms with Crippen molar-refractivity contribution in [2.75, 3.05) is 0 Å². The van der Waals surface area contributed by atoms with Crippen LogP contribution in [0.2, 0.25) is 0 Å². The summed E-state index contributed by atoms with van der Waals surface area (Å²) in [5.74, 6) is -0.941. The lowest BCUT2D eigenvalue weighted by molar-refractivity contribution is 0.0696. The minimum absolute atomic E-state index is 0.157. The van der Waals surface area contributed by atoms with Gasteiger partial charge in [0.15, 0.2) is 0 Å². The highest BCUT2D eigenvalue weighted by Gasteiger charge is 2.07. The zero-order chi connectivity index (χ0) is 10.0. The van der Waals surface area contributed by atoms with Crippen LogP contribution in [0.5, 0.6) is 0 Å². The molecule has 0 radical (unpaired) electrons. The largest absolute Gasteiger partial charge is 0.478 e. The number of nitrogens with two attached hydrogens (primary N) is 1. The van der Waals surface area contributed by atoms with Crippen LogP contribution < -0.4 is 5.73 Å². The Morgan fingerprint density at radius 2 is 2.15 bits per heavy atom. The normalized spacial score (nSPS) is 12.5. The number of rotatable bonds is 2.